The van der Waals surface area contributed by atoms with Crippen molar-refractivity contribution in [2.45, 2.75) is 46.7 Å². The van der Waals surface area contributed by atoms with Gasteiger partial charge in [-0.3, -0.25) is 9.48 Å². The zero-order valence-electron chi connectivity index (χ0n) is 20.5. The third-order valence-electron chi connectivity index (χ3n) is 5.81. The highest BCUT2D eigenvalue weighted by Crippen LogP contribution is 2.28. The maximum atomic E-state index is 12.8. The van der Waals surface area contributed by atoms with Crippen LogP contribution in [0.4, 0.5) is 5.82 Å². The molecule has 6 nitrogen and oxygen atoms in total. The molecule has 1 amide bonds. The van der Waals surface area contributed by atoms with Crippen LogP contribution in [-0.2, 0) is 13.1 Å². The molecule has 1 aliphatic rings. The van der Waals surface area contributed by atoms with Gasteiger partial charge >= 0.3 is 0 Å². The van der Waals surface area contributed by atoms with E-state index in [1.54, 1.807) is 0 Å². The highest BCUT2D eigenvalue weighted by molar-refractivity contribution is 9.10. The lowest BCUT2D eigenvalue weighted by molar-refractivity contribution is 0.102. The summed E-state index contributed by atoms with van der Waals surface area (Å²) >= 11 is 3.55. The lowest BCUT2D eigenvalue weighted by Crippen LogP contribution is -2.16. The van der Waals surface area contributed by atoms with Crippen molar-refractivity contribution in [3.05, 3.63) is 75.4 Å². The van der Waals surface area contributed by atoms with Crippen LogP contribution in [-0.4, -0.2) is 28.8 Å². The van der Waals surface area contributed by atoms with Gasteiger partial charge in [0, 0.05) is 33.9 Å². The van der Waals surface area contributed by atoms with E-state index in [9.17, 15) is 4.79 Å². The van der Waals surface area contributed by atoms with Crippen molar-refractivity contribution in [3.63, 3.8) is 0 Å². The summed E-state index contributed by atoms with van der Waals surface area (Å²) in [7, 11) is 0. The molecule has 1 saturated carbocycles. The number of aryl methyl sites for hydroxylation is 1. The third-order valence-corrected chi connectivity index (χ3v) is 6.31. The fourth-order valence-electron chi connectivity index (χ4n) is 3.67. The zero-order valence-corrected chi connectivity index (χ0v) is 22.9. The Morgan fingerprint density at radius 3 is 2.60 bits per heavy atom. The molecule has 35 heavy (non-hydrogen) atoms. The van der Waals surface area contributed by atoms with Crippen LogP contribution in [0.2, 0.25) is 0 Å². The summed E-state index contributed by atoms with van der Waals surface area (Å²) < 4.78 is 8.88. The molecule has 1 aromatic heterocycles. The fourth-order valence-corrected chi connectivity index (χ4v) is 4.08. The van der Waals surface area contributed by atoms with Gasteiger partial charge < -0.3 is 15.4 Å². The predicted octanol–water partition coefficient (Wildman–Crippen LogP) is 6.21. The highest BCUT2D eigenvalue weighted by Gasteiger charge is 2.20. The minimum absolute atomic E-state index is 0. The molecule has 0 radical (unpaired) electrons. The number of ether oxygens (including phenoxy) is 1. The number of carbonyl (C=O) groups excluding carboxylic acids is 1. The lowest BCUT2D eigenvalue weighted by Gasteiger charge is -2.14. The Labute approximate surface area is 222 Å². The van der Waals surface area contributed by atoms with Gasteiger partial charge in [-0.2, -0.15) is 5.10 Å². The van der Waals surface area contributed by atoms with E-state index in [1.807, 2.05) is 54.1 Å². The van der Waals surface area contributed by atoms with Crippen molar-refractivity contribution in [2.75, 3.05) is 18.5 Å². The van der Waals surface area contributed by atoms with E-state index in [4.69, 9.17) is 4.74 Å². The molecule has 2 N–H and O–H groups in total. The van der Waals surface area contributed by atoms with E-state index < -0.39 is 0 Å². The van der Waals surface area contributed by atoms with Crippen LogP contribution >= 0.6 is 28.3 Å². The summed E-state index contributed by atoms with van der Waals surface area (Å²) in [6.07, 6.45) is 2.69. The second kappa shape index (κ2) is 12.6. The molecule has 0 bridgehead atoms. The van der Waals surface area contributed by atoms with Crippen molar-refractivity contribution >= 4 is 40.1 Å². The van der Waals surface area contributed by atoms with Gasteiger partial charge in [-0.1, -0.05) is 41.9 Å². The van der Waals surface area contributed by atoms with Gasteiger partial charge in [-0.25, -0.2) is 0 Å². The summed E-state index contributed by atoms with van der Waals surface area (Å²) in [4.78, 5) is 12.8. The molecule has 1 fully saturated rings. The minimum atomic E-state index is -0.162. The maximum absolute atomic E-state index is 12.8. The van der Waals surface area contributed by atoms with E-state index in [0.717, 1.165) is 40.5 Å². The molecular formula is C27H34BrClN4O2. The number of amides is 1. The van der Waals surface area contributed by atoms with Crippen molar-refractivity contribution in [2.24, 2.45) is 11.8 Å². The first kappa shape index (κ1) is 27.2. The molecule has 2 aromatic carbocycles. The summed E-state index contributed by atoms with van der Waals surface area (Å²) in [5.41, 5.74) is 3.79. The van der Waals surface area contributed by atoms with Gasteiger partial charge in [-0.05, 0) is 74.0 Å². The highest BCUT2D eigenvalue weighted by atomic mass is 79.9. The molecule has 1 aliphatic carbocycles. The zero-order chi connectivity index (χ0) is 24.1. The van der Waals surface area contributed by atoms with Gasteiger partial charge in [0.25, 0.3) is 5.91 Å². The fraction of sp³-hybridized carbons (Fsp3) is 0.407. The number of hydrogen-bond donors (Lipinski definition) is 2. The first-order chi connectivity index (χ1) is 16.4. The second-order valence-electron chi connectivity index (χ2n) is 9.51. The smallest absolute Gasteiger partial charge is 0.256 e. The molecule has 3 aromatic rings. The van der Waals surface area contributed by atoms with E-state index in [-0.39, 0.29) is 18.3 Å². The Morgan fingerprint density at radius 2 is 1.91 bits per heavy atom. The van der Waals surface area contributed by atoms with Crippen molar-refractivity contribution in [1.82, 2.24) is 15.1 Å². The number of nitrogens with one attached hydrogen (secondary N) is 2. The van der Waals surface area contributed by atoms with Crippen molar-refractivity contribution < 1.29 is 9.53 Å². The average molecular weight is 562 g/mol. The molecule has 0 atom stereocenters. The largest absolute Gasteiger partial charge is 0.493 e. The van der Waals surface area contributed by atoms with Crippen molar-refractivity contribution in [3.8, 4) is 5.75 Å². The topological polar surface area (TPSA) is 68.2 Å². The number of carbonyl (C=O) groups is 1. The third kappa shape index (κ3) is 8.09. The number of aromatic nitrogens is 2. The van der Waals surface area contributed by atoms with Crippen LogP contribution < -0.4 is 15.4 Å². The second-order valence-corrected chi connectivity index (χ2v) is 10.4. The quantitative estimate of drug-likeness (QED) is 0.292. The number of anilines is 1. The first-order valence-corrected chi connectivity index (χ1v) is 12.7. The summed E-state index contributed by atoms with van der Waals surface area (Å²) in [5.74, 6) is 2.53. The van der Waals surface area contributed by atoms with Crippen LogP contribution in [0.25, 0.3) is 0 Å². The van der Waals surface area contributed by atoms with Crippen LogP contribution in [0, 0.1) is 18.8 Å². The summed E-state index contributed by atoms with van der Waals surface area (Å²) in [6, 6.07) is 15.6. The molecule has 0 spiro atoms. The van der Waals surface area contributed by atoms with Crippen LogP contribution in [0.3, 0.4) is 0 Å². The molecule has 0 aliphatic heterocycles. The molecule has 4 rings (SSSR count). The standard InChI is InChI=1S/C27H33BrN4O2.ClH/c1-18(2)17-34-25-11-10-24(28)13-23(25)16-32-19(3)12-26(31-32)30-27(33)22-8-6-21(7-9-22)15-29-14-20-4-5-20;/h6-13,18,20,29H,4-5,14-17H2,1-3H3,(H,30,31,33);1H. The monoisotopic (exact) mass is 560 g/mol. The van der Waals surface area contributed by atoms with E-state index in [1.165, 1.54) is 18.4 Å². The van der Waals surface area contributed by atoms with Gasteiger partial charge in [0.15, 0.2) is 5.82 Å². The van der Waals surface area contributed by atoms with Crippen LogP contribution in [0.1, 0.15) is 53.9 Å². The van der Waals surface area contributed by atoms with E-state index in [2.05, 4.69) is 51.6 Å². The number of rotatable bonds is 11. The minimum Gasteiger partial charge on any atom is -0.493 e. The number of hydrogen-bond acceptors (Lipinski definition) is 4. The Kier molecular flexibility index (Phi) is 9.78. The van der Waals surface area contributed by atoms with Crippen LogP contribution in [0.15, 0.2) is 53.0 Å². The molecule has 8 heteroatoms. The van der Waals surface area contributed by atoms with E-state index in [0.29, 0.717) is 30.5 Å². The molecule has 1 heterocycles. The Balaban J connectivity index is 0.00000342. The SMILES string of the molecule is Cc1cc(NC(=O)c2ccc(CNCC3CC3)cc2)nn1Cc1cc(Br)ccc1OCC(C)C.Cl. The predicted molar refractivity (Wildman–Crippen MR) is 147 cm³/mol. The molecule has 0 unspecified atom stereocenters. The molecule has 188 valence electrons. The molecule has 0 saturated heterocycles. The van der Waals surface area contributed by atoms with Gasteiger partial charge in [0.2, 0.25) is 0 Å². The van der Waals surface area contributed by atoms with Crippen LogP contribution in [0.5, 0.6) is 5.75 Å². The first-order valence-electron chi connectivity index (χ1n) is 11.9. The Hall–Kier alpha value is -2.35. The lowest BCUT2D eigenvalue weighted by atomic mass is 10.1. The van der Waals surface area contributed by atoms with E-state index >= 15 is 0 Å². The Bertz CT molecular complexity index is 1130. The summed E-state index contributed by atoms with van der Waals surface area (Å²) in [5, 5.41) is 11.0. The Morgan fingerprint density at radius 1 is 1.17 bits per heavy atom. The van der Waals surface area contributed by atoms with Gasteiger partial charge in [-0.15, -0.1) is 12.4 Å². The number of benzene rings is 2. The average Bonchev–Trinajstić information content (AvgIpc) is 3.56. The number of nitrogens with zero attached hydrogens (tertiary/aromatic N) is 2. The maximum Gasteiger partial charge on any atom is 0.256 e. The normalized spacial score (nSPS) is 12.9. The summed E-state index contributed by atoms with van der Waals surface area (Å²) in [6.45, 7) is 9.37. The van der Waals surface area contributed by atoms with Gasteiger partial charge in [0.1, 0.15) is 5.75 Å². The van der Waals surface area contributed by atoms with Gasteiger partial charge in [0.05, 0.1) is 13.2 Å². The van der Waals surface area contributed by atoms with Crippen molar-refractivity contribution in [1.29, 1.82) is 0 Å². The number of halogens is 2. The molecular weight excluding hydrogens is 528 g/mol.